The zero-order valence-electron chi connectivity index (χ0n) is 11.8. The minimum atomic E-state index is -0.328. The molecule has 21 heavy (non-hydrogen) atoms. The Labute approximate surface area is 123 Å². The van der Waals surface area contributed by atoms with Crippen LogP contribution in [-0.4, -0.2) is 35.2 Å². The van der Waals surface area contributed by atoms with Crippen LogP contribution in [0.4, 0.5) is 4.39 Å². The van der Waals surface area contributed by atoms with Gasteiger partial charge in [0.2, 0.25) is 5.91 Å². The van der Waals surface area contributed by atoms with Crippen LogP contribution in [0.3, 0.4) is 0 Å². The lowest BCUT2D eigenvalue weighted by Crippen LogP contribution is -2.50. The first kappa shape index (κ1) is 14.2. The van der Waals surface area contributed by atoms with Crippen molar-refractivity contribution in [3.8, 4) is 0 Å². The summed E-state index contributed by atoms with van der Waals surface area (Å²) in [6.07, 6.45) is 3.48. The zero-order chi connectivity index (χ0) is 14.8. The molecule has 2 aliphatic heterocycles. The van der Waals surface area contributed by atoms with E-state index in [9.17, 15) is 14.0 Å². The number of halogens is 1. The Hall–Kier alpha value is -1.75. The Balaban J connectivity index is 1.40. The van der Waals surface area contributed by atoms with Crippen LogP contribution in [0, 0.1) is 5.82 Å². The molecular formula is C16H19FN2O2. The average molecular weight is 290 g/mol. The van der Waals surface area contributed by atoms with Gasteiger partial charge in [-0.15, -0.1) is 0 Å². The summed E-state index contributed by atoms with van der Waals surface area (Å²) < 4.78 is 13.0. The van der Waals surface area contributed by atoms with Crippen LogP contribution in [-0.2, 0) is 16.1 Å². The second-order valence-corrected chi connectivity index (χ2v) is 5.92. The molecule has 0 radical (unpaired) electrons. The van der Waals surface area contributed by atoms with E-state index in [1.54, 1.807) is 12.1 Å². The molecule has 2 unspecified atom stereocenters. The Morgan fingerprint density at radius 1 is 1.29 bits per heavy atom. The molecule has 2 saturated heterocycles. The molecule has 0 spiro atoms. The molecule has 1 aromatic carbocycles. The summed E-state index contributed by atoms with van der Waals surface area (Å²) >= 11 is 0. The topological polar surface area (TPSA) is 49.4 Å². The Morgan fingerprint density at radius 3 is 2.71 bits per heavy atom. The number of carbonyl (C=O) groups excluding carboxylic acids is 2. The van der Waals surface area contributed by atoms with Gasteiger partial charge in [-0.1, -0.05) is 12.1 Å². The molecule has 2 heterocycles. The van der Waals surface area contributed by atoms with Gasteiger partial charge in [-0.3, -0.25) is 14.5 Å². The maximum atomic E-state index is 13.0. The summed E-state index contributed by atoms with van der Waals surface area (Å²) in [5.41, 5.74) is 0.691. The summed E-state index contributed by atoms with van der Waals surface area (Å²) in [5, 5.41) is 2.66. The van der Waals surface area contributed by atoms with E-state index in [0.29, 0.717) is 24.2 Å². The van der Waals surface area contributed by atoms with Crippen LogP contribution in [0.25, 0.3) is 0 Å². The molecule has 4 nitrogen and oxygen atoms in total. The fraction of sp³-hybridized carbons (Fsp3) is 0.500. The van der Waals surface area contributed by atoms with Crippen LogP contribution in [0.2, 0.25) is 0 Å². The fourth-order valence-electron chi connectivity index (χ4n) is 3.30. The lowest BCUT2D eigenvalue weighted by atomic mass is 10.0. The van der Waals surface area contributed by atoms with Crippen LogP contribution in [0.1, 0.15) is 31.2 Å². The van der Waals surface area contributed by atoms with Gasteiger partial charge in [-0.25, -0.2) is 4.39 Å². The maximum absolute atomic E-state index is 13.0. The highest BCUT2D eigenvalue weighted by Crippen LogP contribution is 2.39. The van der Waals surface area contributed by atoms with Crippen molar-refractivity contribution in [3.63, 3.8) is 0 Å². The molecule has 1 amide bonds. The molecule has 2 bridgehead atoms. The molecule has 0 aromatic heterocycles. The highest BCUT2D eigenvalue weighted by molar-refractivity contribution is 5.99. The molecule has 1 N–H and O–H groups in total. The first-order valence-corrected chi connectivity index (χ1v) is 7.40. The molecule has 1 aliphatic carbocycles. The van der Waals surface area contributed by atoms with Crippen molar-refractivity contribution in [2.45, 2.75) is 44.3 Å². The number of hydrogen-bond acceptors (Lipinski definition) is 3. The molecule has 112 valence electrons. The summed E-state index contributed by atoms with van der Waals surface area (Å²) in [7, 11) is 0. The van der Waals surface area contributed by atoms with Crippen molar-refractivity contribution >= 4 is 11.7 Å². The first-order chi connectivity index (χ1) is 10.1. The number of rotatable bonds is 6. The third kappa shape index (κ3) is 3.29. The molecule has 2 atom stereocenters. The number of ketones is 1. The van der Waals surface area contributed by atoms with Gasteiger partial charge in [-0.2, -0.15) is 0 Å². The lowest BCUT2D eigenvalue weighted by molar-refractivity contribution is -0.130. The summed E-state index contributed by atoms with van der Waals surface area (Å²) in [6.45, 7) is 0.640. The predicted molar refractivity (Wildman–Crippen MR) is 76.0 cm³/mol. The van der Waals surface area contributed by atoms with Crippen molar-refractivity contribution in [1.29, 1.82) is 0 Å². The third-order valence-corrected chi connectivity index (χ3v) is 4.41. The van der Waals surface area contributed by atoms with Gasteiger partial charge in [0.1, 0.15) is 5.82 Å². The third-order valence-electron chi connectivity index (χ3n) is 4.41. The molecule has 1 saturated carbocycles. The molecule has 4 rings (SSSR count). The maximum Gasteiger partial charge on any atom is 0.227 e. The Morgan fingerprint density at radius 2 is 2.05 bits per heavy atom. The van der Waals surface area contributed by atoms with E-state index in [-0.39, 0.29) is 30.5 Å². The Bertz CT molecular complexity index is 547. The quantitative estimate of drug-likeness (QED) is 0.810. The zero-order valence-corrected chi connectivity index (χ0v) is 11.8. The predicted octanol–water partition coefficient (Wildman–Crippen LogP) is 1.64. The van der Waals surface area contributed by atoms with Gasteiger partial charge in [0, 0.05) is 18.6 Å². The van der Waals surface area contributed by atoms with E-state index in [1.807, 2.05) is 0 Å². The highest BCUT2D eigenvalue weighted by atomic mass is 19.1. The molecule has 5 heteroatoms. The monoisotopic (exact) mass is 290 g/mol. The second-order valence-electron chi connectivity index (χ2n) is 5.92. The summed E-state index contributed by atoms with van der Waals surface area (Å²) in [6, 6.07) is 7.20. The Kier molecular flexibility index (Phi) is 4.01. The van der Waals surface area contributed by atoms with Crippen molar-refractivity contribution in [3.05, 3.63) is 35.6 Å². The summed E-state index contributed by atoms with van der Waals surface area (Å²) in [4.78, 5) is 25.8. The standard InChI is InChI=1S/C16H19FN2O2/c17-12-3-1-2-11(6-12)9-18-16(21)8-15(20)10-19-13-4-5-14(19)7-13/h1-3,6,13-14H,4-5,7-10H2,(H,18,21). The number of carbonyl (C=O) groups is 2. The lowest BCUT2D eigenvalue weighted by Gasteiger charge is -2.39. The number of benzene rings is 1. The van der Waals surface area contributed by atoms with E-state index in [4.69, 9.17) is 0 Å². The van der Waals surface area contributed by atoms with E-state index in [1.165, 1.54) is 31.4 Å². The number of nitrogens with one attached hydrogen (secondary N) is 1. The van der Waals surface area contributed by atoms with Crippen molar-refractivity contribution in [1.82, 2.24) is 10.2 Å². The first-order valence-electron chi connectivity index (χ1n) is 7.40. The largest absolute Gasteiger partial charge is 0.352 e. The average Bonchev–Trinajstić information content (AvgIpc) is 3.06. The van der Waals surface area contributed by atoms with Gasteiger partial charge < -0.3 is 5.32 Å². The molecule has 3 fully saturated rings. The van der Waals surface area contributed by atoms with E-state index in [0.717, 1.165) is 0 Å². The van der Waals surface area contributed by atoms with Gasteiger partial charge >= 0.3 is 0 Å². The fourth-order valence-corrected chi connectivity index (χ4v) is 3.30. The van der Waals surface area contributed by atoms with E-state index in [2.05, 4.69) is 10.2 Å². The molecule has 1 aromatic rings. The van der Waals surface area contributed by atoms with Crippen LogP contribution < -0.4 is 5.32 Å². The van der Waals surface area contributed by atoms with Gasteiger partial charge in [0.15, 0.2) is 5.78 Å². The molecular weight excluding hydrogens is 271 g/mol. The number of amides is 1. The van der Waals surface area contributed by atoms with Crippen LogP contribution in [0.15, 0.2) is 24.3 Å². The smallest absolute Gasteiger partial charge is 0.227 e. The summed E-state index contributed by atoms with van der Waals surface area (Å²) in [5.74, 6) is -0.661. The van der Waals surface area contributed by atoms with Crippen LogP contribution >= 0.6 is 0 Å². The second kappa shape index (κ2) is 5.93. The van der Waals surface area contributed by atoms with Gasteiger partial charge in [0.25, 0.3) is 0 Å². The molecule has 3 aliphatic rings. The van der Waals surface area contributed by atoms with E-state index >= 15 is 0 Å². The van der Waals surface area contributed by atoms with Crippen molar-refractivity contribution in [2.75, 3.05) is 6.54 Å². The number of fused-ring (bicyclic) bond motifs is 1. The number of Topliss-reactive ketones (excluding diaryl/α,β-unsaturated/α-hetero) is 1. The number of hydrogen-bond donors (Lipinski definition) is 1. The normalized spacial score (nSPS) is 23.7. The van der Waals surface area contributed by atoms with Gasteiger partial charge in [-0.05, 0) is 37.0 Å². The van der Waals surface area contributed by atoms with Crippen LogP contribution in [0.5, 0.6) is 0 Å². The minimum absolute atomic E-state index is 0.0386. The number of nitrogens with zero attached hydrogens (tertiary/aromatic N) is 1. The highest BCUT2D eigenvalue weighted by Gasteiger charge is 2.44. The van der Waals surface area contributed by atoms with E-state index < -0.39 is 0 Å². The van der Waals surface area contributed by atoms with Crippen molar-refractivity contribution in [2.24, 2.45) is 0 Å². The van der Waals surface area contributed by atoms with Gasteiger partial charge in [0.05, 0.1) is 13.0 Å². The van der Waals surface area contributed by atoms with Crippen molar-refractivity contribution < 1.29 is 14.0 Å². The minimum Gasteiger partial charge on any atom is -0.352 e. The SMILES string of the molecule is O=C(CC(=O)NCc1cccc(F)c1)CN1C2CCC1C2.